The molecule has 2 rings (SSSR count). The van der Waals surface area contributed by atoms with E-state index < -0.39 is 9.84 Å². The zero-order valence-electron chi connectivity index (χ0n) is 10.3. The lowest BCUT2D eigenvalue weighted by Gasteiger charge is -2.24. The monoisotopic (exact) mass is 288 g/mol. The molecule has 1 aliphatic heterocycles. The van der Waals surface area contributed by atoms with Crippen LogP contribution in [0.4, 0.5) is 11.4 Å². The lowest BCUT2D eigenvalue weighted by Crippen LogP contribution is -2.27. The number of halogens is 1. The van der Waals surface area contributed by atoms with Crippen LogP contribution in [0.5, 0.6) is 0 Å². The number of hydrogen-bond acceptors (Lipinski definition) is 4. The summed E-state index contributed by atoms with van der Waals surface area (Å²) in [4.78, 5) is 2.07. The van der Waals surface area contributed by atoms with E-state index in [1.54, 1.807) is 0 Å². The van der Waals surface area contributed by atoms with Gasteiger partial charge in [-0.3, -0.25) is 0 Å². The van der Waals surface area contributed by atoms with Crippen LogP contribution in [-0.2, 0) is 9.84 Å². The van der Waals surface area contributed by atoms with Crippen LogP contribution in [0.3, 0.4) is 0 Å². The molecule has 4 nitrogen and oxygen atoms in total. The van der Waals surface area contributed by atoms with Gasteiger partial charge in [-0.1, -0.05) is 11.6 Å². The predicted molar refractivity (Wildman–Crippen MR) is 76.1 cm³/mol. The number of anilines is 2. The minimum Gasteiger partial charge on any atom is -0.398 e. The second-order valence-corrected chi connectivity index (χ2v) is 7.36. The standard InChI is InChI=1S/C12H17ClN2O2S/c1-9-7-11(14)10(13)8-12(9)15-3-2-5-18(16,17)6-4-15/h7-8H,2-6,14H2,1H3. The number of rotatable bonds is 1. The molecule has 0 atom stereocenters. The Morgan fingerprint density at radius 1 is 1.28 bits per heavy atom. The minimum absolute atomic E-state index is 0.203. The van der Waals surface area contributed by atoms with E-state index in [0.29, 0.717) is 23.7 Å². The third-order valence-corrected chi connectivity index (χ3v) is 5.25. The van der Waals surface area contributed by atoms with Gasteiger partial charge in [0.1, 0.15) is 0 Å². The van der Waals surface area contributed by atoms with Crippen molar-refractivity contribution in [3.63, 3.8) is 0 Å². The summed E-state index contributed by atoms with van der Waals surface area (Å²) in [6.45, 7) is 3.21. The van der Waals surface area contributed by atoms with Crippen molar-refractivity contribution < 1.29 is 8.42 Å². The van der Waals surface area contributed by atoms with E-state index in [1.165, 1.54) is 0 Å². The van der Waals surface area contributed by atoms with Gasteiger partial charge in [-0.2, -0.15) is 0 Å². The van der Waals surface area contributed by atoms with Crippen molar-refractivity contribution in [1.29, 1.82) is 0 Å². The number of hydrogen-bond donors (Lipinski definition) is 1. The molecule has 1 aliphatic rings. The van der Waals surface area contributed by atoms with Crippen LogP contribution >= 0.6 is 11.6 Å². The number of nitrogen functional groups attached to an aromatic ring is 1. The molecule has 1 aromatic carbocycles. The molecule has 1 heterocycles. The van der Waals surface area contributed by atoms with Crippen molar-refractivity contribution in [3.8, 4) is 0 Å². The SMILES string of the molecule is Cc1cc(N)c(Cl)cc1N1CCCS(=O)(=O)CC1. The highest BCUT2D eigenvalue weighted by Gasteiger charge is 2.20. The van der Waals surface area contributed by atoms with Crippen molar-refractivity contribution in [2.24, 2.45) is 0 Å². The van der Waals surface area contributed by atoms with Crippen LogP contribution in [0, 0.1) is 6.92 Å². The first kappa shape index (κ1) is 13.5. The van der Waals surface area contributed by atoms with Gasteiger partial charge in [0, 0.05) is 18.8 Å². The molecule has 0 amide bonds. The highest BCUT2D eigenvalue weighted by atomic mass is 35.5. The first-order valence-electron chi connectivity index (χ1n) is 5.90. The molecule has 1 aromatic rings. The van der Waals surface area contributed by atoms with Gasteiger partial charge in [-0.15, -0.1) is 0 Å². The molecular weight excluding hydrogens is 272 g/mol. The molecule has 0 saturated carbocycles. The van der Waals surface area contributed by atoms with Crippen LogP contribution in [0.25, 0.3) is 0 Å². The van der Waals surface area contributed by atoms with E-state index in [4.69, 9.17) is 17.3 Å². The topological polar surface area (TPSA) is 63.4 Å². The highest BCUT2D eigenvalue weighted by molar-refractivity contribution is 7.91. The molecule has 0 unspecified atom stereocenters. The Kier molecular flexibility index (Phi) is 3.73. The summed E-state index contributed by atoms with van der Waals surface area (Å²) >= 11 is 6.03. The quantitative estimate of drug-likeness (QED) is 0.801. The summed E-state index contributed by atoms with van der Waals surface area (Å²) in [6.07, 6.45) is 0.657. The molecule has 100 valence electrons. The number of sulfone groups is 1. The Morgan fingerprint density at radius 3 is 2.72 bits per heavy atom. The number of nitrogens with zero attached hydrogens (tertiary/aromatic N) is 1. The van der Waals surface area contributed by atoms with E-state index >= 15 is 0 Å². The van der Waals surface area contributed by atoms with Crippen molar-refractivity contribution in [1.82, 2.24) is 0 Å². The fraction of sp³-hybridized carbons (Fsp3) is 0.500. The average Bonchev–Trinajstić information content (AvgIpc) is 2.45. The highest BCUT2D eigenvalue weighted by Crippen LogP contribution is 2.30. The van der Waals surface area contributed by atoms with Crippen LogP contribution in [-0.4, -0.2) is 33.0 Å². The molecular formula is C12H17ClN2O2S. The van der Waals surface area contributed by atoms with Crippen molar-refractivity contribution in [2.75, 3.05) is 35.2 Å². The molecule has 0 spiro atoms. The third-order valence-electron chi connectivity index (χ3n) is 3.21. The molecule has 2 N–H and O–H groups in total. The van der Waals surface area contributed by atoms with Gasteiger partial charge in [0.25, 0.3) is 0 Å². The van der Waals surface area contributed by atoms with E-state index in [1.807, 2.05) is 19.1 Å². The molecule has 1 saturated heterocycles. The summed E-state index contributed by atoms with van der Waals surface area (Å²) in [6, 6.07) is 3.65. The number of benzene rings is 1. The maximum atomic E-state index is 11.6. The first-order valence-corrected chi connectivity index (χ1v) is 8.10. The van der Waals surface area contributed by atoms with E-state index in [9.17, 15) is 8.42 Å². The van der Waals surface area contributed by atoms with Gasteiger partial charge in [0.2, 0.25) is 0 Å². The molecule has 1 fully saturated rings. The summed E-state index contributed by atoms with van der Waals surface area (Å²) in [7, 11) is -2.89. The fourth-order valence-corrected chi connectivity index (χ4v) is 3.64. The predicted octanol–water partition coefficient (Wildman–Crippen LogP) is 1.86. The van der Waals surface area contributed by atoms with Gasteiger partial charge in [-0.25, -0.2) is 8.42 Å². The summed E-state index contributed by atoms with van der Waals surface area (Å²) in [5.74, 6) is 0.472. The first-order chi connectivity index (χ1) is 8.39. The lowest BCUT2D eigenvalue weighted by molar-refractivity contribution is 0.597. The van der Waals surface area contributed by atoms with Crippen molar-refractivity contribution >= 4 is 32.8 Å². The van der Waals surface area contributed by atoms with Crippen LogP contribution in [0.15, 0.2) is 12.1 Å². The lowest BCUT2D eigenvalue weighted by atomic mass is 10.1. The second-order valence-electron chi connectivity index (χ2n) is 4.65. The fourth-order valence-electron chi connectivity index (χ4n) is 2.21. The van der Waals surface area contributed by atoms with Crippen molar-refractivity contribution in [2.45, 2.75) is 13.3 Å². The Labute approximate surface area is 113 Å². The van der Waals surface area contributed by atoms with Crippen LogP contribution in [0.1, 0.15) is 12.0 Å². The zero-order valence-corrected chi connectivity index (χ0v) is 11.9. The second kappa shape index (κ2) is 4.97. The largest absolute Gasteiger partial charge is 0.398 e. The van der Waals surface area contributed by atoms with Gasteiger partial charge in [0.15, 0.2) is 9.84 Å². The van der Waals surface area contributed by atoms with Gasteiger partial charge in [0.05, 0.1) is 22.2 Å². The van der Waals surface area contributed by atoms with E-state index in [0.717, 1.165) is 17.8 Å². The van der Waals surface area contributed by atoms with Gasteiger partial charge < -0.3 is 10.6 Å². The zero-order chi connectivity index (χ0) is 13.3. The van der Waals surface area contributed by atoms with Gasteiger partial charge in [-0.05, 0) is 31.0 Å². The van der Waals surface area contributed by atoms with Crippen LogP contribution < -0.4 is 10.6 Å². The number of nitrogens with two attached hydrogens (primary N) is 1. The van der Waals surface area contributed by atoms with Gasteiger partial charge >= 0.3 is 0 Å². The number of aryl methyl sites for hydroxylation is 1. The minimum atomic E-state index is -2.89. The molecule has 0 radical (unpaired) electrons. The maximum absolute atomic E-state index is 11.6. The summed E-state index contributed by atoms with van der Waals surface area (Å²) < 4.78 is 23.2. The Bertz CT molecular complexity index is 557. The molecule has 0 bridgehead atoms. The van der Waals surface area contributed by atoms with E-state index in [2.05, 4.69) is 4.90 Å². The third kappa shape index (κ3) is 2.90. The average molecular weight is 289 g/mol. The van der Waals surface area contributed by atoms with Crippen molar-refractivity contribution in [3.05, 3.63) is 22.7 Å². The Hall–Kier alpha value is -0.940. The van der Waals surface area contributed by atoms with E-state index in [-0.39, 0.29) is 11.5 Å². The molecule has 18 heavy (non-hydrogen) atoms. The normalized spacial score (nSPS) is 19.6. The molecule has 6 heteroatoms. The molecule has 0 aliphatic carbocycles. The van der Waals surface area contributed by atoms with Crippen LogP contribution in [0.2, 0.25) is 5.02 Å². The molecule has 0 aromatic heterocycles. The summed E-state index contributed by atoms with van der Waals surface area (Å²) in [5.41, 5.74) is 8.30. The Morgan fingerprint density at radius 2 is 2.00 bits per heavy atom. The smallest absolute Gasteiger partial charge is 0.152 e. The maximum Gasteiger partial charge on any atom is 0.152 e. The summed E-state index contributed by atoms with van der Waals surface area (Å²) in [5, 5.41) is 0.516. The Balaban J connectivity index is 2.29.